The first-order valence-electron chi connectivity index (χ1n) is 9.02. The molecule has 0 aliphatic heterocycles. The number of carbonyl (C=O) groups is 3. The lowest BCUT2D eigenvalue weighted by Gasteiger charge is -2.12. The number of amides is 3. The maximum Gasteiger partial charge on any atom is 0.313 e. The van der Waals surface area contributed by atoms with Gasteiger partial charge in [0.2, 0.25) is 0 Å². The van der Waals surface area contributed by atoms with Gasteiger partial charge in [-0.3, -0.25) is 14.4 Å². The Kier molecular flexibility index (Phi) is 8.17. The fourth-order valence-corrected chi connectivity index (χ4v) is 2.55. The van der Waals surface area contributed by atoms with Gasteiger partial charge in [-0.1, -0.05) is 36.4 Å². The Hall–Kier alpha value is -3.19. The van der Waals surface area contributed by atoms with Crippen molar-refractivity contribution in [3.8, 4) is 0 Å². The third-order valence-corrected chi connectivity index (χ3v) is 4.14. The SMILES string of the molecule is COCCCNC(=O)C(=O)Nc1ccccc1C(=O)NCc1ccccc1C. The Morgan fingerprint density at radius 2 is 1.64 bits per heavy atom. The van der Waals surface area contributed by atoms with Crippen LogP contribution in [0.5, 0.6) is 0 Å². The van der Waals surface area contributed by atoms with Crippen molar-refractivity contribution >= 4 is 23.4 Å². The van der Waals surface area contributed by atoms with E-state index in [4.69, 9.17) is 4.74 Å². The summed E-state index contributed by atoms with van der Waals surface area (Å²) in [5.74, 6) is -1.91. The van der Waals surface area contributed by atoms with Crippen LogP contribution in [0.1, 0.15) is 27.9 Å². The zero-order valence-electron chi connectivity index (χ0n) is 16.1. The molecule has 0 heterocycles. The van der Waals surface area contributed by atoms with Gasteiger partial charge in [-0.2, -0.15) is 0 Å². The molecular weight excluding hydrogens is 358 g/mol. The van der Waals surface area contributed by atoms with Crippen LogP contribution in [0, 0.1) is 6.92 Å². The van der Waals surface area contributed by atoms with E-state index in [0.29, 0.717) is 26.1 Å². The molecule has 0 saturated carbocycles. The quantitative estimate of drug-likeness (QED) is 0.480. The maximum atomic E-state index is 12.6. The molecule has 3 amide bonds. The Labute approximate surface area is 164 Å². The maximum absolute atomic E-state index is 12.6. The second-order valence-corrected chi connectivity index (χ2v) is 6.21. The standard InChI is InChI=1S/C21H25N3O4/c1-15-8-3-4-9-16(15)14-23-19(25)17-10-5-6-11-18(17)24-21(27)20(26)22-12-7-13-28-2/h3-6,8-11H,7,12-14H2,1-2H3,(H,22,26)(H,23,25)(H,24,27). The van der Waals surface area contributed by atoms with Gasteiger partial charge in [-0.15, -0.1) is 0 Å². The van der Waals surface area contributed by atoms with Crippen LogP contribution < -0.4 is 16.0 Å². The molecule has 0 bridgehead atoms. The second kappa shape index (κ2) is 10.8. The van der Waals surface area contributed by atoms with Gasteiger partial charge < -0.3 is 20.7 Å². The molecule has 7 nitrogen and oxygen atoms in total. The average Bonchev–Trinajstić information content (AvgIpc) is 2.70. The predicted molar refractivity (Wildman–Crippen MR) is 107 cm³/mol. The first-order valence-corrected chi connectivity index (χ1v) is 9.02. The third kappa shape index (κ3) is 6.21. The van der Waals surface area contributed by atoms with Gasteiger partial charge in [0, 0.05) is 26.8 Å². The summed E-state index contributed by atoms with van der Waals surface area (Å²) in [7, 11) is 1.57. The van der Waals surface area contributed by atoms with Gasteiger partial charge in [0.05, 0.1) is 11.3 Å². The van der Waals surface area contributed by atoms with Crippen molar-refractivity contribution in [3.63, 3.8) is 0 Å². The lowest BCUT2D eigenvalue weighted by atomic mass is 10.1. The van der Waals surface area contributed by atoms with Crippen LogP contribution in [-0.4, -0.2) is 38.0 Å². The molecule has 0 unspecified atom stereocenters. The second-order valence-electron chi connectivity index (χ2n) is 6.21. The molecule has 0 radical (unpaired) electrons. The fourth-order valence-electron chi connectivity index (χ4n) is 2.55. The van der Waals surface area contributed by atoms with E-state index in [1.54, 1.807) is 31.4 Å². The Morgan fingerprint density at radius 3 is 2.39 bits per heavy atom. The molecule has 0 aliphatic rings. The summed E-state index contributed by atoms with van der Waals surface area (Å²) in [6.07, 6.45) is 0.605. The first kappa shape index (κ1) is 21.1. The van der Waals surface area contributed by atoms with Crippen LogP contribution in [0.15, 0.2) is 48.5 Å². The van der Waals surface area contributed by atoms with E-state index in [9.17, 15) is 14.4 Å². The number of benzene rings is 2. The highest BCUT2D eigenvalue weighted by Gasteiger charge is 2.17. The van der Waals surface area contributed by atoms with Crippen LogP contribution in [0.3, 0.4) is 0 Å². The van der Waals surface area contributed by atoms with Crippen molar-refractivity contribution in [2.24, 2.45) is 0 Å². The molecule has 28 heavy (non-hydrogen) atoms. The highest BCUT2D eigenvalue weighted by molar-refractivity contribution is 6.40. The summed E-state index contributed by atoms with van der Waals surface area (Å²) in [6, 6.07) is 14.3. The van der Waals surface area contributed by atoms with E-state index < -0.39 is 11.8 Å². The fraction of sp³-hybridized carbons (Fsp3) is 0.286. The van der Waals surface area contributed by atoms with Gasteiger partial charge in [0.25, 0.3) is 5.91 Å². The van der Waals surface area contributed by atoms with Gasteiger partial charge in [0.15, 0.2) is 0 Å². The van der Waals surface area contributed by atoms with Crippen LogP contribution in [0.25, 0.3) is 0 Å². The summed E-state index contributed by atoms with van der Waals surface area (Å²) in [5, 5.41) is 7.85. The zero-order chi connectivity index (χ0) is 20.4. The summed E-state index contributed by atoms with van der Waals surface area (Å²) in [6.45, 7) is 3.17. The lowest BCUT2D eigenvalue weighted by Crippen LogP contribution is -2.36. The molecule has 7 heteroatoms. The van der Waals surface area contributed by atoms with Crippen LogP contribution in [0.4, 0.5) is 5.69 Å². The Bertz CT molecular complexity index is 836. The number of nitrogens with one attached hydrogen (secondary N) is 3. The van der Waals surface area contributed by atoms with Gasteiger partial charge in [0.1, 0.15) is 0 Å². The van der Waals surface area contributed by atoms with Crippen molar-refractivity contribution in [2.45, 2.75) is 19.9 Å². The Morgan fingerprint density at radius 1 is 0.929 bits per heavy atom. The number of methoxy groups -OCH3 is 1. The highest BCUT2D eigenvalue weighted by atomic mass is 16.5. The third-order valence-electron chi connectivity index (χ3n) is 4.14. The molecule has 0 atom stereocenters. The van der Waals surface area contributed by atoms with E-state index in [0.717, 1.165) is 11.1 Å². The average molecular weight is 383 g/mol. The number of carbonyl (C=O) groups excluding carboxylic acids is 3. The molecular formula is C21H25N3O4. The summed E-state index contributed by atoms with van der Waals surface area (Å²) in [5.41, 5.74) is 2.65. The number of aryl methyl sites for hydroxylation is 1. The van der Waals surface area contributed by atoms with Gasteiger partial charge in [-0.05, 0) is 36.6 Å². The van der Waals surface area contributed by atoms with Crippen molar-refractivity contribution in [2.75, 3.05) is 25.6 Å². The van der Waals surface area contributed by atoms with Crippen molar-refractivity contribution in [1.82, 2.24) is 10.6 Å². The minimum Gasteiger partial charge on any atom is -0.385 e. The predicted octanol–water partition coefficient (Wildman–Crippen LogP) is 2.02. The van der Waals surface area contributed by atoms with E-state index in [1.165, 1.54) is 0 Å². The summed E-state index contributed by atoms with van der Waals surface area (Å²) < 4.78 is 4.89. The first-order chi connectivity index (χ1) is 13.5. The van der Waals surface area contributed by atoms with E-state index in [-0.39, 0.29) is 17.2 Å². The highest BCUT2D eigenvalue weighted by Crippen LogP contribution is 2.15. The smallest absolute Gasteiger partial charge is 0.313 e. The summed E-state index contributed by atoms with van der Waals surface area (Å²) >= 11 is 0. The monoisotopic (exact) mass is 383 g/mol. The summed E-state index contributed by atoms with van der Waals surface area (Å²) in [4.78, 5) is 36.5. The van der Waals surface area contributed by atoms with E-state index >= 15 is 0 Å². The number of anilines is 1. The van der Waals surface area contributed by atoms with E-state index in [2.05, 4.69) is 16.0 Å². The number of para-hydroxylation sites is 1. The molecule has 2 rings (SSSR count). The normalized spacial score (nSPS) is 10.2. The molecule has 3 N–H and O–H groups in total. The van der Waals surface area contributed by atoms with Crippen LogP contribution in [0.2, 0.25) is 0 Å². The number of hydrogen-bond acceptors (Lipinski definition) is 4. The topological polar surface area (TPSA) is 96.5 Å². The molecule has 2 aromatic rings. The van der Waals surface area contributed by atoms with Crippen molar-refractivity contribution in [1.29, 1.82) is 0 Å². The van der Waals surface area contributed by atoms with Gasteiger partial charge >= 0.3 is 11.8 Å². The Balaban J connectivity index is 1.97. The number of ether oxygens (including phenoxy) is 1. The molecule has 0 aromatic heterocycles. The largest absolute Gasteiger partial charge is 0.385 e. The van der Waals surface area contributed by atoms with Crippen molar-refractivity contribution in [3.05, 3.63) is 65.2 Å². The molecule has 148 valence electrons. The molecule has 0 saturated heterocycles. The zero-order valence-corrected chi connectivity index (χ0v) is 16.1. The van der Waals surface area contributed by atoms with Crippen molar-refractivity contribution < 1.29 is 19.1 Å². The molecule has 0 fully saturated rings. The van der Waals surface area contributed by atoms with Gasteiger partial charge in [-0.25, -0.2) is 0 Å². The van der Waals surface area contributed by atoms with Crippen LogP contribution in [-0.2, 0) is 20.9 Å². The lowest BCUT2D eigenvalue weighted by molar-refractivity contribution is -0.136. The van der Waals surface area contributed by atoms with Crippen LogP contribution >= 0.6 is 0 Å². The molecule has 0 aliphatic carbocycles. The molecule has 0 spiro atoms. The number of hydrogen-bond donors (Lipinski definition) is 3. The van der Waals surface area contributed by atoms with E-state index in [1.807, 2.05) is 31.2 Å². The molecule has 2 aromatic carbocycles. The number of rotatable bonds is 8. The minimum absolute atomic E-state index is 0.279. The minimum atomic E-state index is -0.823.